The lowest BCUT2D eigenvalue weighted by atomic mass is 10.2. The molecule has 13 heavy (non-hydrogen) atoms. The van der Waals surface area contributed by atoms with Crippen LogP contribution in [0.25, 0.3) is 0 Å². The molecule has 2 N–H and O–H groups in total. The van der Waals surface area contributed by atoms with Crippen molar-refractivity contribution in [1.29, 1.82) is 0 Å². The van der Waals surface area contributed by atoms with Crippen LogP contribution in [-0.4, -0.2) is 43.5 Å². The summed E-state index contributed by atoms with van der Waals surface area (Å²) < 4.78 is 0. The predicted molar refractivity (Wildman–Crippen MR) is 52.6 cm³/mol. The lowest BCUT2D eigenvalue weighted by Gasteiger charge is -2.34. The first kappa shape index (κ1) is 8.56. The third-order valence-electron chi connectivity index (χ3n) is 2.47. The van der Waals surface area contributed by atoms with E-state index in [4.69, 9.17) is 0 Å². The van der Waals surface area contributed by atoms with Gasteiger partial charge in [-0.2, -0.15) is 0 Å². The Labute approximate surface area is 78.7 Å². The number of nitrogens with zero attached hydrogens (tertiary/aromatic N) is 2. The molecule has 0 aromatic heterocycles. The van der Waals surface area contributed by atoms with E-state index in [9.17, 15) is 0 Å². The second-order valence-corrected chi connectivity index (χ2v) is 3.40. The van der Waals surface area contributed by atoms with Gasteiger partial charge in [-0.1, -0.05) is 0 Å². The van der Waals surface area contributed by atoms with Crippen LogP contribution in [0.4, 0.5) is 0 Å². The SMILES string of the molecule is CC1N[C]=NC=C1N1CCNCC1. The Bertz CT molecular complexity index is 228. The van der Waals surface area contributed by atoms with Gasteiger partial charge < -0.3 is 15.5 Å². The van der Waals surface area contributed by atoms with Gasteiger partial charge in [-0.15, -0.1) is 0 Å². The fourth-order valence-corrected chi connectivity index (χ4v) is 1.70. The van der Waals surface area contributed by atoms with E-state index in [1.165, 1.54) is 5.70 Å². The average molecular weight is 179 g/mol. The molecule has 0 spiro atoms. The lowest BCUT2D eigenvalue weighted by Crippen LogP contribution is -2.47. The zero-order valence-electron chi connectivity index (χ0n) is 7.88. The van der Waals surface area contributed by atoms with Crippen LogP contribution in [0.15, 0.2) is 16.9 Å². The molecule has 2 aliphatic heterocycles. The largest absolute Gasteiger partial charge is 0.369 e. The summed E-state index contributed by atoms with van der Waals surface area (Å²) in [7, 11) is 0. The molecule has 1 saturated heterocycles. The zero-order chi connectivity index (χ0) is 9.10. The molecule has 0 amide bonds. The molecular weight excluding hydrogens is 164 g/mol. The predicted octanol–water partition coefficient (Wildman–Crippen LogP) is -0.370. The van der Waals surface area contributed by atoms with Crippen LogP contribution >= 0.6 is 0 Å². The number of piperazine rings is 1. The monoisotopic (exact) mass is 179 g/mol. The highest BCUT2D eigenvalue weighted by atomic mass is 15.2. The van der Waals surface area contributed by atoms with Crippen LogP contribution in [0.5, 0.6) is 0 Å². The highest BCUT2D eigenvalue weighted by molar-refractivity contribution is 5.58. The van der Waals surface area contributed by atoms with E-state index in [1.807, 2.05) is 6.20 Å². The first-order valence-corrected chi connectivity index (χ1v) is 4.74. The topological polar surface area (TPSA) is 39.7 Å². The summed E-state index contributed by atoms with van der Waals surface area (Å²) in [6.07, 6.45) is 4.67. The summed E-state index contributed by atoms with van der Waals surface area (Å²) in [4.78, 5) is 6.37. The molecular formula is C9H15N4. The van der Waals surface area contributed by atoms with E-state index < -0.39 is 0 Å². The second kappa shape index (κ2) is 3.79. The van der Waals surface area contributed by atoms with Gasteiger partial charge in [0.15, 0.2) is 6.34 Å². The number of aliphatic imine (C=N–C) groups is 1. The highest BCUT2D eigenvalue weighted by Gasteiger charge is 2.18. The molecule has 2 rings (SSSR count). The van der Waals surface area contributed by atoms with Crippen LogP contribution in [0.1, 0.15) is 6.92 Å². The van der Waals surface area contributed by atoms with Gasteiger partial charge in [0, 0.05) is 26.2 Å². The van der Waals surface area contributed by atoms with Gasteiger partial charge in [-0.3, -0.25) is 0 Å². The molecule has 0 aromatic carbocycles. The summed E-state index contributed by atoms with van der Waals surface area (Å²) in [6.45, 7) is 6.42. The van der Waals surface area contributed by atoms with E-state index >= 15 is 0 Å². The standard InChI is InChI=1S/C9H15N4/c1-8-9(6-11-7-12-8)13-4-2-10-3-5-13/h6,8,10H,2-5H2,1H3,(H,11,12). The minimum absolute atomic E-state index is 0.343. The van der Waals surface area contributed by atoms with Crippen molar-refractivity contribution in [3.63, 3.8) is 0 Å². The average Bonchev–Trinajstić information content (AvgIpc) is 2.20. The molecule has 4 heteroatoms. The van der Waals surface area contributed by atoms with Crippen LogP contribution < -0.4 is 10.6 Å². The van der Waals surface area contributed by atoms with Gasteiger partial charge in [0.2, 0.25) is 0 Å². The van der Waals surface area contributed by atoms with Crippen molar-refractivity contribution >= 4 is 6.34 Å². The molecule has 1 radical (unpaired) electrons. The van der Waals surface area contributed by atoms with Crippen molar-refractivity contribution in [2.45, 2.75) is 13.0 Å². The molecule has 0 saturated carbocycles. The van der Waals surface area contributed by atoms with Crippen molar-refractivity contribution in [1.82, 2.24) is 15.5 Å². The molecule has 1 unspecified atom stereocenters. The van der Waals surface area contributed by atoms with Crippen molar-refractivity contribution in [2.24, 2.45) is 4.99 Å². The van der Waals surface area contributed by atoms with Crippen molar-refractivity contribution in [3.05, 3.63) is 11.9 Å². The maximum atomic E-state index is 4.00. The Balaban J connectivity index is 2.04. The van der Waals surface area contributed by atoms with Crippen LogP contribution in [0, 0.1) is 0 Å². The first-order valence-electron chi connectivity index (χ1n) is 4.74. The fourth-order valence-electron chi connectivity index (χ4n) is 1.70. The molecule has 0 bridgehead atoms. The number of nitrogens with one attached hydrogen (secondary N) is 2. The molecule has 0 aromatic rings. The van der Waals surface area contributed by atoms with Gasteiger partial charge in [-0.25, -0.2) is 4.99 Å². The molecule has 71 valence electrons. The van der Waals surface area contributed by atoms with E-state index in [1.54, 1.807) is 0 Å². The quantitative estimate of drug-likeness (QED) is 0.577. The smallest absolute Gasteiger partial charge is 0.169 e. The Morgan fingerprint density at radius 3 is 3.00 bits per heavy atom. The summed E-state index contributed by atoms with van der Waals surface area (Å²) in [5, 5.41) is 6.42. The highest BCUT2D eigenvalue weighted by Crippen LogP contribution is 2.12. The third-order valence-corrected chi connectivity index (χ3v) is 2.47. The molecule has 4 nitrogen and oxygen atoms in total. The minimum atomic E-state index is 0.343. The Morgan fingerprint density at radius 1 is 1.54 bits per heavy atom. The summed E-state index contributed by atoms with van der Waals surface area (Å²) in [6, 6.07) is 0.343. The lowest BCUT2D eigenvalue weighted by molar-refractivity contribution is 0.280. The van der Waals surface area contributed by atoms with Crippen molar-refractivity contribution in [2.75, 3.05) is 26.2 Å². The molecule has 1 fully saturated rings. The van der Waals surface area contributed by atoms with Crippen LogP contribution in [0.2, 0.25) is 0 Å². The van der Waals surface area contributed by atoms with E-state index in [-0.39, 0.29) is 0 Å². The van der Waals surface area contributed by atoms with Gasteiger partial charge in [0.05, 0.1) is 17.9 Å². The fraction of sp³-hybridized carbons (Fsp3) is 0.667. The van der Waals surface area contributed by atoms with Gasteiger partial charge >= 0.3 is 0 Å². The van der Waals surface area contributed by atoms with Gasteiger partial charge in [0.25, 0.3) is 0 Å². The Kier molecular flexibility index (Phi) is 2.49. The second-order valence-electron chi connectivity index (χ2n) is 3.40. The van der Waals surface area contributed by atoms with Gasteiger partial charge in [-0.05, 0) is 6.92 Å². The normalized spacial score (nSPS) is 28.2. The maximum Gasteiger partial charge on any atom is 0.169 e. The van der Waals surface area contributed by atoms with E-state index in [2.05, 4.69) is 33.8 Å². The molecule has 0 aliphatic carbocycles. The third kappa shape index (κ3) is 1.83. The first-order chi connectivity index (χ1) is 6.38. The zero-order valence-corrected chi connectivity index (χ0v) is 7.88. The summed E-state index contributed by atoms with van der Waals surface area (Å²) in [5.41, 5.74) is 1.28. The Morgan fingerprint density at radius 2 is 2.31 bits per heavy atom. The number of hydrogen-bond acceptors (Lipinski definition) is 4. The van der Waals surface area contributed by atoms with E-state index in [0.29, 0.717) is 6.04 Å². The van der Waals surface area contributed by atoms with Crippen molar-refractivity contribution < 1.29 is 0 Å². The van der Waals surface area contributed by atoms with Gasteiger partial charge in [0.1, 0.15) is 0 Å². The van der Waals surface area contributed by atoms with Crippen LogP contribution in [0.3, 0.4) is 0 Å². The molecule has 1 atom stereocenters. The Hall–Kier alpha value is -1.03. The van der Waals surface area contributed by atoms with E-state index in [0.717, 1.165) is 26.2 Å². The number of hydrogen-bond donors (Lipinski definition) is 2. The maximum absolute atomic E-state index is 4.00. The molecule has 2 heterocycles. The summed E-state index contributed by atoms with van der Waals surface area (Å²) >= 11 is 0. The summed E-state index contributed by atoms with van der Waals surface area (Å²) in [5.74, 6) is 0. The van der Waals surface area contributed by atoms with Crippen molar-refractivity contribution in [3.8, 4) is 0 Å². The minimum Gasteiger partial charge on any atom is -0.369 e. The van der Waals surface area contributed by atoms with Crippen LogP contribution in [-0.2, 0) is 0 Å². The number of rotatable bonds is 1. The molecule has 2 aliphatic rings.